The van der Waals surface area contributed by atoms with Crippen molar-refractivity contribution < 1.29 is 4.79 Å². The van der Waals surface area contributed by atoms with Crippen molar-refractivity contribution in [3.8, 4) is 5.69 Å². The van der Waals surface area contributed by atoms with E-state index in [2.05, 4.69) is 15.3 Å². The highest BCUT2D eigenvalue weighted by Gasteiger charge is 2.21. The number of fused-ring (bicyclic) bond motifs is 2. The molecule has 176 valence electrons. The summed E-state index contributed by atoms with van der Waals surface area (Å²) in [5.74, 6) is -0.248. The zero-order valence-corrected chi connectivity index (χ0v) is 20.2. The van der Waals surface area contributed by atoms with E-state index >= 15 is 0 Å². The number of carbonyl (C=O) groups is 1. The lowest BCUT2D eigenvalue weighted by Gasteiger charge is -2.18. The third-order valence-electron chi connectivity index (χ3n) is 5.77. The lowest BCUT2D eigenvalue weighted by molar-refractivity contribution is -0.115. The molecular weight excluding hydrogens is 462 g/mol. The molecule has 0 spiro atoms. The second-order valence-corrected chi connectivity index (χ2v) is 9.74. The van der Waals surface area contributed by atoms with Crippen LogP contribution in [-0.4, -0.2) is 30.7 Å². The molecule has 0 aliphatic rings. The fraction of sp³-hybridized carbons (Fsp3) is 0.154. The Morgan fingerprint density at radius 1 is 1.00 bits per heavy atom. The summed E-state index contributed by atoms with van der Waals surface area (Å²) in [6.45, 7) is 5.72. The number of amides is 1. The molecule has 9 heteroatoms. The molecule has 0 saturated carbocycles. The van der Waals surface area contributed by atoms with Gasteiger partial charge in [0.1, 0.15) is 0 Å². The smallest absolute Gasteiger partial charge is 0.323 e. The minimum absolute atomic E-state index is 0.181. The van der Waals surface area contributed by atoms with Crippen molar-refractivity contribution >= 4 is 45.3 Å². The number of imidazole rings is 1. The summed E-state index contributed by atoms with van der Waals surface area (Å²) < 4.78 is 1.59. The monoisotopic (exact) mass is 485 g/mol. The van der Waals surface area contributed by atoms with Crippen molar-refractivity contribution in [1.29, 1.82) is 0 Å². The lowest BCUT2D eigenvalue weighted by Crippen LogP contribution is -2.26. The Hall–Kier alpha value is -4.11. The number of H-pyrrole nitrogens is 2. The number of aromatic amines is 2. The first-order valence-corrected chi connectivity index (χ1v) is 12.0. The molecule has 1 atom stereocenters. The number of nitrogens with one attached hydrogen (secondary N) is 3. The fourth-order valence-electron chi connectivity index (χ4n) is 4.03. The van der Waals surface area contributed by atoms with Gasteiger partial charge in [-0.05, 0) is 62.7 Å². The lowest BCUT2D eigenvalue weighted by atomic mass is 10.1. The third-order valence-corrected chi connectivity index (χ3v) is 6.83. The number of rotatable bonds is 5. The van der Waals surface area contributed by atoms with Crippen LogP contribution in [0.15, 0.2) is 75.4 Å². The minimum Gasteiger partial charge on any atom is -0.325 e. The molecule has 1 amide bonds. The summed E-state index contributed by atoms with van der Waals surface area (Å²) in [6, 6.07) is 18.2. The van der Waals surface area contributed by atoms with Gasteiger partial charge in [0.2, 0.25) is 5.91 Å². The van der Waals surface area contributed by atoms with Gasteiger partial charge in [-0.3, -0.25) is 14.2 Å². The molecule has 35 heavy (non-hydrogen) atoms. The van der Waals surface area contributed by atoms with Crippen molar-refractivity contribution in [2.24, 2.45) is 0 Å². The van der Waals surface area contributed by atoms with Gasteiger partial charge in [-0.25, -0.2) is 9.78 Å². The fourth-order valence-corrected chi connectivity index (χ4v) is 4.95. The van der Waals surface area contributed by atoms with Crippen molar-refractivity contribution in [2.75, 3.05) is 5.32 Å². The molecule has 2 aromatic heterocycles. The molecule has 0 fully saturated rings. The molecule has 0 aliphatic heterocycles. The van der Waals surface area contributed by atoms with Crippen LogP contribution in [0.2, 0.25) is 0 Å². The first kappa shape index (κ1) is 22.7. The van der Waals surface area contributed by atoms with Crippen molar-refractivity contribution in [2.45, 2.75) is 31.2 Å². The number of carbonyl (C=O) groups excluding carboxylic acids is 1. The predicted octanol–water partition coefficient (Wildman–Crippen LogP) is 4.29. The molecule has 1 unspecified atom stereocenters. The summed E-state index contributed by atoms with van der Waals surface area (Å²) in [5.41, 5.74) is 4.68. The summed E-state index contributed by atoms with van der Waals surface area (Å²) >= 11 is 1.22. The van der Waals surface area contributed by atoms with Crippen LogP contribution in [-0.2, 0) is 4.79 Å². The minimum atomic E-state index is -0.555. The zero-order valence-electron chi connectivity index (χ0n) is 19.4. The zero-order chi connectivity index (χ0) is 24.7. The number of aromatic nitrogens is 4. The van der Waals surface area contributed by atoms with Crippen molar-refractivity contribution in [1.82, 2.24) is 19.5 Å². The number of anilines is 1. The molecule has 8 nitrogen and oxygen atoms in total. The van der Waals surface area contributed by atoms with E-state index in [0.29, 0.717) is 32.8 Å². The molecule has 0 saturated heterocycles. The maximum atomic E-state index is 13.5. The van der Waals surface area contributed by atoms with Gasteiger partial charge < -0.3 is 15.3 Å². The Kier molecular flexibility index (Phi) is 5.78. The molecule has 3 N–H and O–H groups in total. The molecular formula is C26H23N5O3S. The highest BCUT2D eigenvalue weighted by atomic mass is 32.2. The van der Waals surface area contributed by atoms with Gasteiger partial charge in [0.15, 0.2) is 5.16 Å². The number of nitrogens with zero attached hydrogens (tertiary/aromatic N) is 2. The van der Waals surface area contributed by atoms with Gasteiger partial charge in [0.05, 0.1) is 32.9 Å². The molecule has 3 aromatic carbocycles. The maximum absolute atomic E-state index is 13.5. The van der Waals surface area contributed by atoms with Gasteiger partial charge >= 0.3 is 5.69 Å². The van der Waals surface area contributed by atoms with E-state index in [0.717, 1.165) is 16.8 Å². The maximum Gasteiger partial charge on any atom is 0.323 e. The number of hydrogen-bond donors (Lipinski definition) is 3. The van der Waals surface area contributed by atoms with E-state index in [1.807, 2.05) is 44.2 Å². The molecule has 0 bridgehead atoms. The van der Waals surface area contributed by atoms with Crippen LogP contribution in [0.5, 0.6) is 0 Å². The van der Waals surface area contributed by atoms with E-state index in [1.165, 1.54) is 11.8 Å². The molecule has 5 aromatic rings. The number of thioether (sulfide) groups is 1. The predicted molar refractivity (Wildman–Crippen MR) is 140 cm³/mol. The quantitative estimate of drug-likeness (QED) is 0.254. The Morgan fingerprint density at radius 2 is 1.77 bits per heavy atom. The SMILES string of the molecule is Cc1ccc(-n2c(SC(C)C(=O)Nc3ccc4[nH]c(=O)[nH]c4c3)nc3ccccc3c2=O)c(C)c1. The van der Waals surface area contributed by atoms with E-state index in [4.69, 9.17) is 4.98 Å². The largest absolute Gasteiger partial charge is 0.325 e. The van der Waals surface area contributed by atoms with Crippen molar-refractivity contribution in [3.63, 3.8) is 0 Å². The first-order chi connectivity index (χ1) is 16.8. The number of para-hydroxylation sites is 1. The second kappa shape index (κ2) is 8.92. The van der Waals surface area contributed by atoms with Crippen LogP contribution in [0.3, 0.4) is 0 Å². The van der Waals surface area contributed by atoms with Crippen LogP contribution < -0.4 is 16.6 Å². The summed E-state index contributed by atoms with van der Waals surface area (Å²) in [7, 11) is 0. The average Bonchev–Trinajstić information content (AvgIpc) is 3.19. The van der Waals surface area contributed by atoms with Crippen LogP contribution in [0.1, 0.15) is 18.1 Å². The van der Waals surface area contributed by atoms with Gasteiger partial charge in [-0.15, -0.1) is 0 Å². The van der Waals surface area contributed by atoms with E-state index in [9.17, 15) is 14.4 Å². The molecule has 0 radical (unpaired) electrons. The molecule has 5 rings (SSSR count). The van der Waals surface area contributed by atoms with Crippen LogP contribution >= 0.6 is 11.8 Å². The average molecular weight is 486 g/mol. The summed E-state index contributed by atoms with van der Waals surface area (Å²) in [5, 5.41) is 3.28. The first-order valence-electron chi connectivity index (χ1n) is 11.1. The Bertz CT molecular complexity index is 1720. The highest BCUT2D eigenvalue weighted by Crippen LogP contribution is 2.27. The Balaban J connectivity index is 1.51. The van der Waals surface area contributed by atoms with Gasteiger partial charge in [-0.2, -0.15) is 0 Å². The van der Waals surface area contributed by atoms with Crippen LogP contribution in [0, 0.1) is 13.8 Å². The van der Waals surface area contributed by atoms with Gasteiger partial charge in [-0.1, -0.05) is 41.6 Å². The number of aryl methyl sites for hydroxylation is 2. The van der Waals surface area contributed by atoms with Gasteiger partial charge in [0.25, 0.3) is 5.56 Å². The summed E-state index contributed by atoms with van der Waals surface area (Å²) in [4.78, 5) is 48.2. The third kappa shape index (κ3) is 4.38. The summed E-state index contributed by atoms with van der Waals surface area (Å²) in [6.07, 6.45) is 0. The highest BCUT2D eigenvalue weighted by molar-refractivity contribution is 8.00. The van der Waals surface area contributed by atoms with Crippen molar-refractivity contribution in [3.05, 3.63) is 92.6 Å². The topological polar surface area (TPSA) is 113 Å². The van der Waals surface area contributed by atoms with Gasteiger partial charge in [0, 0.05) is 5.69 Å². The van der Waals surface area contributed by atoms with E-state index in [-0.39, 0.29) is 17.2 Å². The van der Waals surface area contributed by atoms with E-state index in [1.54, 1.807) is 41.8 Å². The second-order valence-electron chi connectivity index (χ2n) is 8.43. The Morgan fingerprint density at radius 3 is 2.57 bits per heavy atom. The molecule has 2 heterocycles. The van der Waals surface area contributed by atoms with Crippen LogP contribution in [0.25, 0.3) is 27.6 Å². The standard InChI is InChI=1S/C26H23N5O3S/c1-14-8-11-22(15(2)12-14)31-24(33)18-6-4-5-7-19(18)30-26(31)35-16(3)23(32)27-17-9-10-20-21(13-17)29-25(34)28-20/h4-13,16H,1-3H3,(H,27,32)(H2,28,29,34). The number of benzene rings is 3. The van der Waals surface area contributed by atoms with E-state index < -0.39 is 5.25 Å². The number of hydrogen-bond acceptors (Lipinski definition) is 5. The normalized spacial score (nSPS) is 12.2. The molecule has 0 aliphatic carbocycles. The Labute approximate surface area is 204 Å². The van der Waals surface area contributed by atoms with Crippen LogP contribution in [0.4, 0.5) is 5.69 Å².